The summed E-state index contributed by atoms with van der Waals surface area (Å²) >= 11 is 0. The van der Waals surface area contributed by atoms with E-state index in [0.717, 1.165) is 18.7 Å². The maximum atomic E-state index is 13.6. The minimum atomic E-state index is -4.39. The summed E-state index contributed by atoms with van der Waals surface area (Å²) in [7, 11) is -3.22. The molecule has 0 saturated heterocycles. The first-order valence-corrected chi connectivity index (χ1v) is 13.2. The summed E-state index contributed by atoms with van der Waals surface area (Å²) in [6, 6.07) is 13.6. The Bertz CT molecular complexity index is 1040. The summed E-state index contributed by atoms with van der Waals surface area (Å²) in [4.78, 5) is 25.8. The zero-order chi connectivity index (χ0) is 25.8. The van der Waals surface area contributed by atoms with Crippen molar-refractivity contribution in [2.45, 2.75) is 57.6 Å². The van der Waals surface area contributed by atoms with Crippen molar-refractivity contribution >= 4 is 22.1 Å². The zero-order valence-corrected chi connectivity index (χ0v) is 21.7. The molecule has 0 aliphatic carbocycles. The molecule has 0 heterocycles. The SMILES string of the molecule is COC(=O)[C@H](CCCCNCC(C)C)N(C(=O)OCc1ccccc1)S(=O)(=O)c1ccc(C)cc1. The Kier molecular flexibility index (Phi) is 11.2. The molecule has 2 aromatic carbocycles. The molecule has 35 heavy (non-hydrogen) atoms. The predicted molar refractivity (Wildman–Crippen MR) is 134 cm³/mol. The van der Waals surface area contributed by atoms with Crippen LogP contribution in [0.15, 0.2) is 59.5 Å². The molecule has 1 N–H and O–H groups in total. The number of carbonyl (C=O) groups excluding carboxylic acids is 2. The van der Waals surface area contributed by atoms with Crippen LogP contribution in [0.3, 0.4) is 0 Å². The Morgan fingerprint density at radius 3 is 2.26 bits per heavy atom. The highest BCUT2D eigenvalue weighted by molar-refractivity contribution is 7.89. The van der Waals surface area contributed by atoms with E-state index >= 15 is 0 Å². The quantitative estimate of drug-likeness (QED) is 0.321. The van der Waals surface area contributed by atoms with Gasteiger partial charge in [-0.3, -0.25) is 0 Å². The van der Waals surface area contributed by atoms with E-state index in [9.17, 15) is 18.0 Å². The lowest BCUT2D eigenvalue weighted by Gasteiger charge is -2.28. The third-order valence-electron chi connectivity index (χ3n) is 5.35. The van der Waals surface area contributed by atoms with Crippen LogP contribution in [0.2, 0.25) is 0 Å². The number of ether oxygens (including phenoxy) is 2. The lowest BCUT2D eigenvalue weighted by Crippen LogP contribution is -2.49. The molecule has 0 aliphatic heterocycles. The maximum absolute atomic E-state index is 13.6. The Balaban J connectivity index is 2.29. The molecule has 0 saturated carbocycles. The van der Waals surface area contributed by atoms with Crippen molar-refractivity contribution in [2.24, 2.45) is 5.92 Å². The second-order valence-electron chi connectivity index (χ2n) is 8.79. The standard InChI is InChI=1S/C26H36N2O6S/c1-20(2)18-27-17-9-8-12-24(25(29)33-4)28(26(30)34-19-22-10-6-5-7-11-22)35(31,32)23-15-13-21(3)14-16-23/h5-7,10-11,13-16,20,24,27H,8-9,12,17-19H2,1-4H3/t24-/m0/s1. The molecule has 1 atom stereocenters. The lowest BCUT2D eigenvalue weighted by molar-refractivity contribution is -0.145. The van der Waals surface area contributed by atoms with Gasteiger partial charge >= 0.3 is 12.1 Å². The van der Waals surface area contributed by atoms with E-state index in [1.165, 1.54) is 19.2 Å². The van der Waals surface area contributed by atoms with Gasteiger partial charge in [0.25, 0.3) is 10.0 Å². The van der Waals surface area contributed by atoms with E-state index in [2.05, 4.69) is 19.2 Å². The molecule has 0 fully saturated rings. The van der Waals surface area contributed by atoms with Crippen LogP contribution in [-0.2, 0) is 30.9 Å². The molecular formula is C26H36N2O6S. The number of sulfonamides is 1. The van der Waals surface area contributed by atoms with Crippen LogP contribution in [0.1, 0.15) is 44.2 Å². The van der Waals surface area contributed by atoms with Gasteiger partial charge < -0.3 is 14.8 Å². The van der Waals surface area contributed by atoms with Gasteiger partial charge in [-0.05, 0) is 62.9 Å². The molecule has 0 unspecified atom stereocenters. The fourth-order valence-electron chi connectivity index (χ4n) is 3.44. The first-order chi connectivity index (χ1) is 16.7. The van der Waals surface area contributed by atoms with Crippen LogP contribution in [0.4, 0.5) is 4.79 Å². The number of amides is 1. The second-order valence-corrected chi connectivity index (χ2v) is 10.6. The van der Waals surface area contributed by atoms with Gasteiger partial charge in [0.1, 0.15) is 12.6 Å². The highest BCUT2D eigenvalue weighted by Crippen LogP contribution is 2.24. The van der Waals surface area contributed by atoms with Crippen LogP contribution in [0.5, 0.6) is 0 Å². The maximum Gasteiger partial charge on any atom is 0.425 e. The molecule has 0 radical (unpaired) electrons. The average Bonchev–Trinajstić information content (AvgIpc) is 2.84. The molecule has 1 amide bonds. The van der Waals surface area contributed by atoms with Crippen molar-refractivity contribution in [3.8, 4) is 0 Å². The minimum absolute atomic E-state index is 0.104. The molecule has 0 bridgehead atoms. The number of carbonyl (C=O) groups is 2. The highest BCUT2D eigenvalue weighted by Gasteiger charge is 2.41. The van der Waals surface area contributed by atoms with Gasteiger partial charge in [0.15, 0.2) is 0 Å². The number of methoxy groups -OCH3 is 1. The molecule has 2 aromatic rings. The van der Waals surface area contributed by atoms with Gasteiger partial charge in [-0.2, -0.15) is 4.31 Å². The Hall–Kier alpha value is -2.91. The number of aryl methyl sites for hydroxylation is 1. The minimum Gasteiger partial charge on any atom is -0.467 e. The number of unbranched alkanes of at least 4 members (excludes halogenated alkanes) is 1. The van der Waals surface area contributed by atoms with E-state index in [1.54, 1.807) is 36.4 Å². The van der Waals surface area contributed by atoms with E-state index in [0.29, 0.717) is 28.6 Å². The van der Waals surface area contributed by atoms with Gasteiger partial charge in [-0.25, -0.2) is 18.0 Å². The van der Waals surface area contributed by atoms with Crippen LogP contribution < -0.4 is 5.32 Å². The second kappa shape index (κ2) is 13.8. The Morgan fingerprint density at radius 2 is 1.66 bits per heavy atom. The molecule has 0 aromatic heterocycles. The zero-order valence-electron chi connectivity index (χ0n) is 20.9. The van der Waals surface area contributed by atoms with E-state index in [4.69, 9.17) is 9.47 Å². The molecule has 192 valence electrons. The molecular weight excluding hydrogens is 468 g/mol. The largest absolute Gasteiger partial charge is 0.467 e. The highest BCUT2D eigenvalue weighted by atomic mass is 32.2. The van der Waals surface area contributed by atoms with Crippen LogP contribution in [0.25, 0.3) is 0 Å². The van der Waals surface area contributed by atoms with Crippen LogP contribution in [0, 0.1) is 12.8 Å². The lowest BCUT2D eigenvalue weighted by atomic mass is 10.1. The van der Waals surface area contributed by atoms with Crippen molar-refractivity contribution in [3.63, 3.8) is 0 Å². The predicted octanol–water partition coefficient (Wildman–Crippen LogP) is 4.28. The first-order valence-electron chi connectivity index (χ1n) is 11.8. The smallest absolute Gasteiger partial charge is 0.425 e. The van der Waals surface area contributed by atoms with Crippen LogP contribution >= 0.6 is 0 Å². The molecule has 2 rings (SSSR count). The third kappa shape index (κ3) is 8.67. The summed E-state index contributed by atoms with van der Waals surface area (Å²) in [6.45, 7) is 7.49. The van der Waals surface area contributed by atoms with Gasteiger partial charge in [0.2, 0.25) is 0 Å². The number of hydrogen-bond donors (Lipinski definition) is 1. The Morgan fingerprint density at radius 1 is 1.00 bits per heavy atom. The topological polar surface area (TPSA) is 102 Å². The molecule has 9 heteroatoms. The van der Waals surface area contributed by atoms with Crippen molar-refractivity contribution in [2.75, 3.05) is 20.2 Å². The van der Waals surface area contributed by atoms with Crippen molar-refractivity contribution in [3.05, 3.63) is 65.7 Å². The van der Waals surface area contributed by atoms with Gasteiger partial charge in [0, 0.05) is 0 Å². The van der Waals surface area contributed by atoms with Gasteiger partial charge in [-0.1, -0.05) is 61.9 Å². The number of hydrogen-bond acceptors (Lipinski definition) is 7. The van der Waals surface area contributed by atoms with E-state index in [-0.39, 0.29) is 17.9 Å². The van der Waals surface area contributed by atoms with Crippen LogP contribution in [-0.4, -0.2) is 51.0 Å². The molecule has 0 spiro atoms. The van der Waals surface area contributed by atoms with Gasteiger partial charge in [-0.15, -0.1) is 0 Å². The van der Waals surface area contributed by atoms with E-state index < -0.39 is 28.1 Å². The van der Waals surface area contributed by atoms with Crippen molar-refractivity contribution < 1.29 is 27.5 Å². The summed E-state index contributed by atoms with van der Waals surface area (Å²) in [5.74, 6) is -0.306. The Labute approximate surface area is 208 Å². The number of nitrogens with zero attached hydrogens (tertiary/aromatic N) is 1. The van der Waals surface area contributed by atoms with Crippen molar-refractivity contribution in [1.29, 1.82) is 0 Å². The normalized spacial score (nSPS) is 12.3. The summed E-state index contributed by atoms with van der Waals surface area (Å²) < 4.78 is 37.9. The van der Waals surface area contributed by atoms with Gasteiger partial charge in [0.05, 0.1) is 12.0 Å². The fraction of sp³-hybridized carbons (Fsp3) is 0.462. The van der Waals surface area contributed by atoms with Crippen molar-refractivity contribution in [1.82, 2.24) is 9.62 Å². The molecule has 8 nitrogen and oxygen atoms in total. The summed E-state index contributed by atoms with van der Waals surface area (Å²) in [5, 5.41) is 3.31. The fourth-order valence-corrected chi connectivity index (χ4v) is 4.93. The van der Waals surface area contributed by atoms with E-state index in [1.807, 2.05) is 13.0 Å². The molecule has 0 aliphatic rings. The summed E-state index contributed by atoms with van der Waals surface area (Å²) in [6.07, 6.45) is 0.207. The average molecular weight is 505 g/mol. The third-order valence-corrected chi connectivity index (χ3v) is 7.14. The summed E-state index contributed by atoms with van der Waals surface area (Å²) in [5.41, 5.74) is 1.56. The number of rotatable bonds is 13. The monoisotopic (exact) mass is 504 g/mol. The number of benzene rings is 2. The number of nitrogens with one attached hydrogen (secondary N) is 1. The number of esters is 1. The first kappa shape index (κ1) is 28.3.